The number of carbonyl (C=O) groups excluding carboxylic acids is 1. The number of pyridine rings is 1. The standard InChI is InChI=1S/C27H30FN5O2/c1-5-24(34)33-12-11-18(15-33)32(3)26-21-14-29-22(13-23(21)30-27(31-26)35-4)20-8-6-7-19(16(2)28)25(20)17-9-10-17/h5-8,13-14,16-18H,1,9-12,15H2,2-4H3. The number of likely N-dealkylation sites (tertiary alicyclic amines) is 1. The normalized spacial score (nSPS) is 18.5. The number of halogens is 1. The van der Waals surface area contributed by atoms with Gasteiger partial charge in [0.25, 0.3) is 0 Å². The number of hydrogen-bond donors (Lipinski definition) is 0. The zero-order chi connectivity index (χ0) is 24.7. The van der Waals surface area contributed by atoms with Gasteiger partial charge >= 0.3 is 6.01 Å². The lowest BCUT2D eigenvalue weighted by atomic mass is 9.92. The van der Waals surface area contributed by atoms with Gasteiger partial charge in [0.2, 0.25) is 5.91 Å². The van der Waals surface area contributed by atoms with E-state index < -0.39 is 6.17 Å². The lowest BCUT2D eigenvalue weighted by Crippen LogP contribution is -2.36. The highest BCUT2D eigenvalue weighted by atomic mass is 19.1. The Bertz CT molecular complexity index is 1290. The van der Waals surface area contributed by atoms with E-state index in [0.717, 1.165) is 47.0 Å². The number of alkyl halides is 1. The molecule has 182 valence electrons. The molecule has 0 spiro atoms. The topological polar surface area (TPSA) is 71.5 Å². The van der Waals surface area contributed by atoms with Crippen LogP contribution in [-0.4, -0.2) is 59.0 Å². The minimum atomic E-state index is -1.03. The van der Waals surface area contributed by atoms with Gasteiger partial charge in [-0.2, -0.15) is 9.97 Å². The van der Waals surface area contributed by atoms with E-state index in [2.05, 4.69) is 21.4 Å². The third kappa shape index (κ3) is 4.33. The Labute approximate surface area is 204 Å². The van der Waals surface area contributed by atoms with Gasteiger partial charge < -0.3 is 14.5 Å². The minimum absolute atomic E-state index is 0.0615. The Kier molecular flexibility index (Phi) is 6.13. The van der Waals surface area contributed by atoms with Crippen molar-refractivity contribution >= 4 is 22.6 Å². The number of amides is 1. The van der Waals surface area contributed by atoms with Gasteiger partial charge in [0, 0.05) is 37.9 Å². The molecule has 2 unspecified atom stereocenters. The maximum atomic E-state index is 14.4. The molecule has 2 fully saturated rings. The van der Waals surface area contributed by atoms with Crippen molar-refractivity contribution < 1.29 is 13.9 Å². The summed E-state index contributed by atoms with van der Waals surface area (Å²) < 4.78 is 19.9. The average molecular weight is 476 g/mol. The Morgan fingerprint density at radius 2 is 2.11 bits per heavy atom. The SMILES string of the molecule is C=CC(=O)N1CCC(N(C)c2nc(OC)nc3cc(-c4cccc(C(C)F)c4C4CC4)ncc23)C1. The van der Waals surface area contributed by atoms with Crippen LogP contribution in [0.3, 0.4) is 0 Å². The maximum absolute atomic E-state index is 14.4. The highest BCUT2D eigenvalue weighted by Gasteiger charge is 2.32. The molecule has 35 heavy (non-hydrogen) atoms. The Morgan fingerprint density at radius 3 is 2.80 bits per heavy atom. The van der Waals surface area contributed by atoms with Crippen LogP contribution in [0.4, 0.5) is 10.2 Å². The summed E-state index contributed by atoms with van der Waals surface area (Å²) in [5.74, 6) is 1.02. The van der Waals surface area contributed by atoms with E-state index in [1.54, 1.807) is 25.1 Å². The van der Waals surface area contributed by atoms with E-state index in [4.69, 9.17) is 9.72 Å². The number of nitrogens with zero attached hydrogens (tertiary/aromatic N) is 5. The van der Waals surface area contributed by atoms with Crippen molar-refractivity contribution in [2.75, 3.05) is 32.1 Å². The molecule has 1 amide bonds. The van der Waals surface area contributed by atoms with Gasteiger partial charge in [-0.3, -0.25) is 9.78 Å². The number of hydrogen-bond acceptors (Lipinski definition) is 6. The zero-order valence-corrected chi connectivity index (χ0v) is 20.4. The van der Waals surface area contributed by atoms with Gasteiger partial charge in [0.15, 0.2) is 0 Å². The van der Waals surface area contributed by atoms with Gasteiger partial charge in [0.05, 0.1) is 23.7 Å². The molecule has 1 saturated carbocycles. The molecular weight excluding hydrogens is 445 g/mol. The number of methoxy groups -OCH3 is 1. The van der Waals surface area contributed by atoms with Crippen molar-refractivity contribution in [1.82, 2.24) is 19.9 Å². The molecule has 8 heteroatoms. The summed E-state index contributed by atoms with van der Waals surface area (Å²) >= 11 is 0. The second-order valence-corrected chi connectivity index (χ2v) is 9.36. The predicted molar refractivity (Wildman–Crippen MR) is 134 cm³/mol. The van der Waals surface area contributed by atoms with Crippen LogP contribution in [0.2, 0.25) is 0 Å². The Hall–Kier alpha value is -3.55. The van der Waals surface area contributed by atoms with Crippen molar-refractivity contribution in [3.63, 3.8) is 0 Å². The third-order valence-electron chi connectivity index (χ3n) is 7.08. The molecule has 1 aliphatic heterocycles. The average Bonchev–Trinajstić information content (AvgIpc) is 3.61. The lowest BCUT2D eigenvalue weighted by Gasteiger charge is -2.27. The minimum Gasteiger partial charge on any atom is -0.467 e. The van der Waals surface area contributed by atoms with E-state index >= 15 is 0 Å². The lowest BCUT2D eigenvalue weighted by molar-refractivity contribution is -0.125. The molecule has 0 N–H and O–H groups in total. The Balaban J connectivity index is 1.56. The van der Waals surface area contributed by atoms with Crippen molar-refractivity contribution in [2.24, 2.45) is 0 Å². The fraction of sp³-hybridized carbons (Fsp3) is 0.407. The number of ether oxygens (including phenoxy) is 1. The highest BCUT2D eigenvalue weighted by Crippen LogP contribution is 2.47. The molecule has 1 aliphatic carbocycles. The zero-order valence-electron chi connectivity index (χ0n) is 20.4. The molecule has 5 rings (SSSR count). The van der Waals surface area contributed by atoms with Gasteiger partial charge in [-0.1, -0.05) is 24.8 Å². The quantitative estimate of drug-likeness (QED) is 0.456. The fourth-order valence-electron chi connectivity index (χ4n) is 5.04. The second kappa shape index (κ2) is 9.24. The molecule has 7 nitrogen and oxygen atoms in total. The molecule has 2 aromatic heterocycles. The van der Waals surface area contributed by atoms with Crippen molar-refractivity contribution in [2.45, 2.75) is 44.3 Å². The van der Waals surface area contributed by atoms with E-state index in [9.17, 15) is 9.18 Å². The van der Waals surface area contributed by atoms with Gasteiger partial charge in [0.1, 0.15) is 12.0 Å². The summed E-state index contributed by atoms with van der Waals surface area (Å²) in [6, 6.07) is 8.10. The Morgan fingerprint density at radius 1 is 1.31 bits per heavy atom. The summed E-state index contributed by atoms with van der Waals surface area (Å²) in [4.78, 5) is 29.9. The molecule has 1 saturated heterocycles. The van der Waals surface area contributed by atoms with Crippen molar-refractivity contribution in [3.05, 3.63) is 54.2 Å². The molecule has 0 radical (unpaired) electrons. The van der Waals surface area contributed by atoms with Crippen LogP contribution in [-0.2, 0) is 4.79 Å². The van der Waals surface area contributed by atoms with Crippen LogP contribution >= 0.6 is 0 Å². The number of anilines is 1. The molecule has 2 atom stereocenters. The second-order valence-electron chi connectivity index (χ2n) is 9.36. The van der Waals surface area contributed by atoms with E-state index in [1.165, 1.54) is 6.08 Å². The third-order valence-corrected chi connectivity index (χ3v) is 7.08. The molecule has 2 aliphatic rings. The monoisotopic (exact) mass is 475 g/mol. The first kappa shape index (κ1) is 23.2. The van der Waals surface area contributed by atoms with Gasteiger partial charge in [-0.05, 0) is 55.4 Å². The summed E-state index contributed by atoms with van der Waals surface area (Å²) in [6.07, 6.45) is 5.08. The van der Waals surface area contributed by atoms with Crippen molar-refractivity contribution in [3.8, 4) is 17.3 Å². The number of fused-ring (bicyclic) bond motifs is 1. The number of rotatable bonds is 7. The fourth-order valence-corrected chi connectivity index (χ4v) is 5.04. The first-order chi connectivity index (χ1) is 16.9. The van der Waals surface area contributed by atoms with Gasteiger partial charge in [-0.25, -0.2) is 4.39 Å². The first-order valence-corrected chi connectivity index (χ1v) is 12.0. The van der Waals surface area contributed by atoms with E-state index in [-0.39, 0.29) is 18.0 Å². The summed E-state index contributed by atoms with van der Waals surface area (Å²) in [5.41, 5.74) is 4.23. The predicted octanol–water partition coefficient (Wildman–Crippen LogP) is 4.83. The van der Waals surface area contributed by atoms with Gasteiger partial charge in [-0.15, -0.1) is 0 Å². The number of likely N-dealkylation sites (N-methyl/N-ethyl adjacent to an activating group) is 1. The number of aromatic nitrogens is 3. The number of carbonyl (C=O) groups is 1. The molecule has 3 aromatic rings. The van der Waals surface area contributed by atoms with Crippen molar-refractivity contribution in [1.29, 1.82) is 0 Å². The summed E-state index contributed by atoms with van der Waals surface area (Å²) in [7, 11) is 3.52. The molecule has 0 bridgehead atoms. The van der Waals surface area contributed by atoms with Crippen LogP contribution in [0.25, 0.3) is 22.2 Å². The van der Waals surface area contributed by atoms with E-state index in [0.29, 0.717) is 30.3 Å². The smallest absolute Gasteiger partial charge is 0.318 e. The van der Waals surface area contributed by atoms with Crippen LogP contribution < -0.4 is 9.64 Å². The van der Waals surface area contributed by atoms with Crippen LogP contribution in [0.15, 0.2) is 43.1 Å². The van der Waals surface area contributed by atoms with Crippen LogP contribution in [0.5, 0.6) is 6.01 Å². The summed E-state index contributed by atoms with van der Waals surface area (Å²) in [5, 5.41) is 0.800. The highest BCUT2D eigenvalue weighted by molar-refractivity contribution is 5.92. The maximum Gasteiger partial charge on any atom is 0.318 e. The number of benzene rings is 1. The largest absolute Gasteiger partial charge is 0.467 e. The first-order valence-electron chi connectivity index (χ1n) is 12.0. The molecule has 1 aromatic carbocycles. The van der Waals surface area contributed by atoms with Crippen LogP contribution in [0.1, 0.15) is 49.4 Å². The van der Waals surface area contributed by atoms with Crippen LogP contribution in [0, 0.1) is 0 Å². The summed E-state index contributed by atoms with van der Waals surface area (Å²) in [6.45, 7) is 6.46. The molecule has 3 heterocycles. The van der Waals surface area contributed by atoms with E-state index in [1.807, 2.05) is 31.3 Å². The molecular formula is C27H30FN5O2.